The summed E-state index contributed by atoms with van der Waals surface area (Å²) in [5.74, 6) is -0.325. The van der Waals surface area contributed by atoms with E-state index in [0.29, 0.717) is 25.8 Å². The first-order valence-corrected chi connectivity index (χ1v) is 9.85. The van der Waals surface area contributed by atoms with Crippen LogP contribution in [-0.2, 0) is 9.53 Å². The van der Waals surface area contributed by atoms with Crippen LogP contribution in [0.25, 0.3) is 0 Å². The maximum Gasteiger partial charge on any atom is 0.411 e. The average molecular weight is 491 g/mol. The van der Waals surface area contributed by atoms with E-state index < -0.39 is 30.5 Å². The van der Waals surface area contributed by atoms with E-state index in [1.807, 2.05) is 0 Å². The molecule has 0 spiro atoms. The highest BCUT2D eigenvalue weighted by atomic mass is 127. The van der Waals surface area contributed by atoms with Gasteiger partial charge < -0.3 is 10.1 Å². The third kappa shape index (κ3) is 6.14. The van der Waals surface area contributed by atoms with Crippen LogP contribution < -0.4 is 5.32 Å². The van der Waals surface area contributed by atoms with Gasteiger partial charge >= 0.3 is 12.3 Å². The first-order valence-electron chi connectivity index (χ1n) is 8.60. The van der Waals surface area contributed by atoms with E-state index in [1.165, 1.54) is 9.80 Å². The molecule has 2 fully saturated rings. The molecular weight excluding hydrogens is 466 g/mol. The lowest BCUT2D eigenvalue weighted by Gasteiger charge is -2.30. The number of ether oxygens (including phenoxy) is 1. The monoisotopic (exact) mass is 491 g/mol. The molecule has 3 atom stereocenters. The fourth-order valence-electron chi connectivity index (χ4n) is 3.23. The zero-order chi connectivity index (χ0) is 19.7. The molecule has 0 saturated carbocycles. The van der Waals surface area contributed by atoms with E-state index in [2.05, 4.69) is 27.9 Å². The van der Waals surface area contributed by atoms with Crippen molar-refractivity contribution < 1.29 is 27.5 Å². The summed E-state index contributed by atoms with van der Waals surface area (Å²) in [6, 6.07) is -0.984. The largest absolute Gasteiger partial charge is 0.444 e. The Kier molecular flexibility index (Phi) is 6.68. The Labute approximate surface area is 164 Å². The van der Waals surface area contributed by atoms with Crippen molar-refractivity contribution in [2.75, 3.05) is 19.6 Å². The fourth-order valence-corrected chi connectivity index (χ4v) is 4.20. The van der Waals surface area contributed by atoms with Crippen molar-refractivity contribution in [3.05, 3.63) is 0 Å². The molecule has 2 amide bonds. The molecule has 0 radical (unpaired) electrons. The number of alkyl halides is 4. The Bertz CT molecular complexity index is 539. The van der Waals surface area contributed by atoms with Gasteiger partial charge in [-0.1, -0.05) is 22.6 Å². The van der Waals surface area contributed by atoms with Gasteiger partial charge in [0.15, 0.2) is 0 Å². The molecule has 1 N–H and O–H groups in total. The molecule has 2 rings (SSSR count). The number of halogens is 4. The highest BCUT2D eigenvalue weighted by molar-refractivity contribution is 14.1. The Morgan fingerprint density at radius 1 is 1.19 bits per heavy atom. The van der Waals surface area contributed by atoms with E-state index in [0.717, 1.165) is 0 Å². The highest BCUT2D eigenvalue weighted by Crippen LogP contribution is 2.31. The van der Waals surface area contributed by atoms with Crippen molar-refractivity contribution in [3.8, 4) is 0 Å². The number of amides is 2. The maximum absolute atomic E-state index is 12.6. The van der Waals surface area contributed by atoms with Gasteiger partial charge in [0.25, 0.3) is 0 Å². The van der Waals surface area contributed by atoms with Gasteiger partial charge in [-0.25, -0.2) is 4.79 Å². The van der Waals surface area contributed by atoms with Gasteiger partial charge in [-0.2, -0.15) is 13.2 Å². The maximum atomic E-state index is 12.6. The summed E-state index contributed by atoms with van der Waals surface area (Å²) in [6.07, 6.45) is -3.14. The van der Waals surface area contributed by atoms with Crippen LogP contribution >= 0.6 is 22.6 Å². The topological polar surface area (TPSA) is 61.9 Å². The first kappa shape index (κ1) is 21.5. The van der Waals surface area contributed by atoms with Gasteiger partial charge in [-0.15, -0.1) is 0 Å². The summed E-state index contributed by atoms with van der Waals surface area (Å²) in [6.45, 7) is 4.75. The van der Waals surface area contributed by atoms with E-state index in [1.54, 1.807) is 20.8 Å². The van der Waals surface area contributed by atoms with Crippen molar-refractivity contribution in [1.82, 2.24) is 15.1 Å². The lowest BCUT2D eigenvalue weighted by molar-refractivity contribution is -0.143. The number of carbonyl (C=O) groups excluding carboxylic acids is 2. The summed E-state index contributed by atoms with van der Waals surface area (Å²) in [4.78, 5) is 27.8. The summed E-state index contributed by atoms with van der Waals surface area (Å²) in [5, 5.41) is 2.80. The van der Waals surface area contributed by atoms with Crippen molar-refractivity contribution in [2.45, 2.75) is 67.9 Å². The Morgan fingerprint density at radius 2 is 1.85 bits per heavy atom. The second-order valence-electron chi connectivity index (χ2n) is 7.76. The molecule has 2 aliphatic rings. The standard InChI is InChI=1S/C16H25F3IN3O3/c1-15(2,3)26-14(25)23-11(4-5-12(23)20)13(24)21-10-6-7-22(8-10)9-16(17,18)19/h10-12H,4-9H2,1-3H3,(H,21,24)/t10?,11-,12-/m0/s1. The van der Waals surface area contributed by atoms with Crippen LogP contribution in [-0.4, -0.2) is 69.3 Å². The Hall–Kier alpha value is -0.780. The zero-order valence-corrected chi connectivity index (χ0v) is 17.3. The van der Waals surface area contributed by atoms with Crippen molar-refractivity contribution in [2.24, 2.45) is 0 Å². The lowest BCUT2D eigenvalue weighted by atomic mass is 10.1. The molecule has 6 nitrogen and oxygen atoms in total. The number of likely N-dealkylation sites (tertiary alicyclic amines) is 2. The normalized spacial score (nSPS) is 27.7. The van der Waals surface area contributed by atoms with Crippen LogP contribution in [0.2, 0.25) is 0 Å². The summed E-state index contributed by atoms with van der Waals surface area (Å²) in [7, 11) is 0. The van der Waals surface area contributed by atoms with Crippen LogP contribution in [0.5, 0.6) is 0 Å². The Balaban J connectivity index is 1.93. The van der Waals surface area contributed by atoms with Crippen molar-refractivity contribution >= 4 is 34.6 Å². The number of hydrogen-bond donors (Lipinski definition) is 1. The smallest absolute Gasteiger partial charge is 0.411 e. The van der Waals surface area contributed by atoms with E-state index >= 15 is 0 Å². The zero-order valence-electron chi connectivity index (χ0n) is 15.1. The van der Waals surface area contributed by atoms with Gasteiger partial charge in [-0.3, -0.25) is 14.6 Å². The minimum absolute atomic E-state index is 0.150. The molecule has 2 aliphatic heterocycles. The highest BCUT2D eigenvalue weighted by Gasteiger charge is 2.43. The molecule has 0 aromatic carbocycles. The van der Waals surface area contributed by atoms with Gasteiger partial charge in [0.05, 0.1) is 10.6 Å². The molecule has 0 bridgehead atoms. The molecule has 1 unspecified atom stereocenters. The summed E-state index contributed by atoms with van der Waals surface area (Å²) >= 11 is 2.10. The molecule has 0 aromatic rings. The predicted octanol–water partition coefficient (Wildman–Crippen LogP) is 2.90. The van der Waals surface area contributed by atoms with Crippen molar-refractivity contribution in [1.29, 1.82) is 0 Å². The van der Waals surface area contributed by atoms with Crippen LogP contribution in [0.4, 0.5) is 18.0 Å². The molecule has 150 valence electrons. The second kappa shape index (κ2) is 8.07. The van der Waals surface area contributed by atoms with Crippen LogP contribution in [0.1, 0.15) is 40.0 Å². The molecule has 2 saturated heterocycles. The van der Waals surface area contributed by atoms with Gasteiger partial charge in [0, 0.05) is 19.1 Å². The SMILES string of the molecule is CC(C)(C)OC(=O)N1[C@H](I)CC[C@H]1C(=O)NC1CCN(CC(F)(F)F)C1. The number of nitrogens with one attached hydrogen (secondary N) is 1. The minimum atomic E-state index is -4.24. The molecule has 0 aromatic heterocycles. The number of rotatable bonds is 3. The Morgan fingerprint density at radius 3 is 2.42 bits per heavy atom. The average Bonchev–Trinajstić information content (AvgIpc) is 3.01. The molecule has 10 heteroatoms. The van der Waals surface area contributed by atoms with Crippen molar-refractivity contribution in [3.63, 3.8) is 0 Å². The third-order valence-corrected chi connectivity index (χ3v) is 5.47. The number of carbonyl (C=O) groups is 2. The van der Waals surface area contributed by atoms with Gasteiger partial charge in [-0.05, 0) is 40.0 Å². The lowest BCUT2D eigenvalue weighted by Crippen LogP contribution is -2.51. The fraction of sp³-hybridized carbons (Fsp3) is 0.875. The summed E-state index contributed by atoms with van der Waals surface area (Å²) in [5.41, 5.74) is -0.666. The van der Waals surface area contributed by atoms with Crippen LogP contribution in [0, 0.1) is 0 Å². The summed E-state index contributed by atoms with van der Waals surface area (Å²) < 4.78 is 42.7. The molecule has 0 aliphatic carbocycles. The van der Waals surface area contributed by atoms with E-state index in [-0.39, 0.29) is 22.5 Å². The number of hydrogen-bond acceptors (Lipinski definition) is 4. The minimum Gasteiger partial charge on any atom is -0.444 e. The van der Waals surface area contributed by atoms with E-state index in [9.17, 15) is 22.8 Å². The van der Waals surface area contributed by atoms with Gasteiger partial charge in [0.1, 0.15) is 11.6 Å². The first-order chi connectivity index (χ1) is 11.9. The third-order valence-electron chi connectivity index (χ3n) is 4.24. The molecular formula is C16H25F3IN3O3. The van der Waals surface area contributed by atoms with Crippen LogP contribution in [0.15, 0.2) is 0 Å². The molecule has 26 heavy (non-hydrogen) atoms. The number of nitrogens with zero attached hydrogens (tertiary/aromatic N) is 2. The second-order valence-corrected chi connectivity index (χ2v) is 9.20. The quantitative estimate of drug-likeness (QED) is 0.375. The van der Waals surface area contributed by atoms with E-state index in [4.69, 9.17) is 4.74 Å². The predicted molar refractivity (Wildman–Crippen MR) is 97.9 cm³/mol. The van der Waals surface area contributed by atoms with Gasteiger partial charge in [0.2, 0.25) is 5.91 Å². The van der Waals surface area contributed by atoms with Crippen LogP contribution in [0.3, 0.4) is 0 Å². The molecule has 2 heterocycles.